The Bertz CT molecular complexity index is 525. The van der Waals surface area contributed by atoms with Gasteiger partial charge in [0.15, 0.2) is 0 Å². The van der Waals surface area contributed by atoms with Gasteiger partial charge in [-0.25, -0.2) is 4.98 Å². The topological polar surface area (TPSA) is 49.8 Å². The predicted molar refractivity (Wildman–Crippen MR) is 83.4 cm³/mol. The summed E-state index contributed by atoms with van der Waals surface area (Å²) in [5, 5.41) is 6.40. The molecule has 2 N–H and O–H groups in total. The number of nitrogens with zero attached hydrogens (tertiary/aromatic N) is 2. The molecule has 0 amide bonds. The van der Waals surface area contributed by atoms with Crippen molar-refractivity contribution in [3.05, 3.63) is 39.6 Å². The summed E-state index contributed by atoms with van der Waals surface area (Å²) in [5.74, 6) is 1.46. The zero-order valence-electron chi connectivity index (χ0n) is 10.4. The Hall–Kier alpha value is -1.37. The van der Waals surface area contributed by atoms with Crippen LogP contribution in [-0.4, -0.2) is 16.5 Å². The fourth-order valence-corrected chi connectivity index (χ4v) is 1.91. The molecule has 2 rings (SSSR count). The highest BCUT2D eigenvalue weighted by molar-refractivity contribution is 14.1. The molecule has 18 heavy (non-hydrogen) atoms. The van der Waals surface area contributed by atoms with Gasteiger partial charge >= 0.3 is 0 Å². The molecular weight excluding hydrogens is 339 g/mol. The van der Waals surface area contributed by atoms with Crippen molar-refractivity contribution >= 4 is 40.0 Å². The van der Waals surface area contributed by atoms with Crippen LogP contribution in [0.5, 0.6) is 0 Å². The molecule has 0 unspecified atom stereocenters. The average molecular weight is 354 g/mol. The van der Waals surface area contributed by atoms with Crippen LogP contribution in [0, 0.1) is 10.5 Å². The molecule has 0 atom stereocenters. The summed E-state index contributed by atoms with van der Waals surface area (Å²) in [6.45, 7) is 4.80. The van der Waals surface area contributed by atoms with Gasteiger partial charge in [0, 0.05) is 27.6 Å². The SMILES string of the molecule is CCNc1nc(C)cc(Nc2ccc(I)cc2)n1. The minimum atomic E-state index is 0.658. The molecule has 0 bridgehead atoms. The van der Waals surface area contributed by atoms with Crippen molar-refractivity contribution in [1.82, 2.24) is 9.97 Å². The lowest BCUT2D eigenvalue weighted by molar-refractivity contribution is 1.05. The van der Waals surface area contributed by atoms with Crippen LogP contribution >= 0.6 is 22.6 Å². The van der Waals surface area contributed by atoms with E-state index in [0.29, 0.717) is 5.95 Å². The van der Waals surface area contributed by atoms with Crippen molar-refractivity contribution in [3.8, 4) is 0 Å². The van der Waals surface area contributed by atoms with Gasteiger partial charge in [-0.1, -0.05) is 0 Å². The summed E-state index contributed by atoms with van der Waals surface area (Å²) < 4.78 is 1.21. The molecule has 0 aliphatic heterocycles. The van der Waals surface area contributed by atoms with Gasteiger partial charge in [0.25, 0.3) is 0 Å². The first-order valence-electron chi connectivity index (χ1n) is 5.79. The van der Waals surface area contributed by atoms with Crippen molar-refractivity contribution in [3.63, 3.8) is 0 Å². The van der Waals surface area contributed by atoms with E-state index in [9.17, 15) is 0 Å². The first-order chi connectivity index (χ1) is 8.67. The van der Waals surface area contributed by atoms with Gasteiger partial charge in [-0.15, -0.1) is 0 Å². The molecular formula is C13H15IN4. The Morgan fingerprint density at radius 1 is 1.17 bits per heavy atom. The minimum absolute atomic E-state index is 0.658. The molecule has 0 spiro atoms. The Kier molecular flexibility index (Phi) is 4.35. The van der Waals surface area contributed by atoms with Gasteiger partial charge in [0.1, 0.15) is 5.82 Å². The molecule has 0 fully saturated rings. The predicted octanol–water partition coefficient (Wildman–Crippen LogP) is 3.57. The highest BCUT2D eigenvalue weighted by Crippen LogP contribution is 2.17. The van der Waals surface area contributed by atoms with E-state index in [1.807, 2.05) is 32.0 Å². The van der Waals surface area contributed by atoms with Crippen LogP contribution in [0.3, 0.4) is 0 Å². The monoisotopic (exact) mass is 354 g/mol. The molecule has 0 saturated carbocycles. The second-order valence-corrected chi connectivity index (χ2v) is 5.13. The highest BCUT2D eigenvalue weighted by atomic mass is 127. The Balaban J connectivity index is 2.20. The molecule has 1 aromatic carbocycles. The summed E-state index contributed by atoms with van der Waals surface area (Å²) >= 11 is 2.29. The summed E-state index contributed by atoms with van der Waals surface area (Å²) in [5.41, 5.74) is 1.96. The quantitative estimate of drug-likeness (QED) is 0.825. The zero-order valence-corrected chi connectivity index (χ0v) is 12.5. The number of benzene rings is 1. The number of aryl methyl sites for hydroxylation is 1. The molecule has 2 aromatic rings. The largest absolute Gasteiger partial charge is 0.354 e. The third-order valence-corrected chi connectivity index (χ3v) is 3.02. The van der Waals surface area contributed by atoms with Crippen molar-refractivity contribution in [2.75, 3.05) is 17.2 Å². The van der Waals surface area contributed by atoms with E-state index < -0.39 is 0 Å². The average Bonchev–Trinajstić information content (AvgIpc) is 2.32. The molecule has 4 nitrogen and oxygen atoms in total. The molecule has 0 aliphatic rings. The fraction of sp³-hybridized carbons (Fsp3) is 0.231. The first-order valence-corrected chi connectivity index (χ1v) is 6.87. The van der Waals surface area contributed by atoms with Gasteiger partial charge in [0.2, 0.25) is 5.95 Å². The second kappa shape index (κ2) is 5.99. The van der Waals surface area contributed by atoms with Crippen LogP contribution in [0.4, 0.5) is 17.5 Å². The van der Waals surface area contributed by atoms with E-state index in [0.717, 1.165) is 23.7 Å². The smallest absolute Gasteiger partial charge is 0.224 e. The maximum absolute atomic E-state index is 4.41. The number of hydrogen-bond acceptors (Lipinski definition) is 4. The number of halogens is 1. The summed E-state index contributed by atoms with van der Waals surface area (Å²) in [4.78, 5) is 8.72. The van der Waals surface area contributed by atoms with Crippen molar-refractivity contribution < 1.29 is 0 Å². The molecule has 94 valence electrons. The maximum atomic E-state index is 4.41. The third kappa shape index (κ3) is 3.56. The van der Waals surface area contributed by atoms with Crippen molar-refractivity contribution in [2.45, 2.75) is 13.8 Å². The number of nitrogens with one attached hydrogen (secondary N) is 2. The van der Waals surface area contributed by atoms with Crippen LogP contribution in [-0.2, 0) is 0 Å². The van der Waals surface area contributed by atoms with Crippen LogP contribution in [0.15, 0.2) is 30.3 Å². The van der Waals surface area contributed by atoms with Gasteiger partial charge < -0.3 is 10.6 Å². The van der Waals surface area contributed by atoms with Gasteiger partial charge in [-0.3, -0.25) is 0 Å². The summed E-state index contributed by atoms with van der Waals surface area (Å²) in [6.07, 6.45) is 0. The third-order valence-electron chi connectivity index (χ3n) is 2.31. The second-order valence-electron chi connectivity index (χ2n) is 3.88. The molecule has 0 aliphatic carbocycles. The van der Waals surface area contributed by atoms with Crippen LogP contribution in [0.1, 0.15) is 12.6 Å². The lowest BCUT2D eigenvalue weighted by Gasteiger charge is -2.09. The lowest BCUT2D eigenvalue weighted by Crippen LogP contribution is -2.05. The minimum Gasteiger partial charge on any atom is -0.354 e. The molecule has 1 heterocycles. The van der Waals surface area contributed by atoms with Crippen LogP contribution in [0.25, 0.3) is 0 Å². The standard InChI is InChI=1S/C13H15IN4/c1-3-15-13-16-9(2)8-12(18-13)17-11-6-4-10(14)5-7-11/h4-8H,3H2,1-2H3,(H2,15,16,17,18). The van der Waals surface area contributed by atoms with Gasteiger partial charge in [-0.05, 0) is 60.7 Å². The van der Waals surface area contributed by atoms with Crippen molar-refractivity contribution in [2.24, 2.45) is 0 Å². The van der Waals surface area contributed by atoms with Gasteiger partial charge in [0.05, 0.1) is 0 Å². The zero-order chi connectivity index (χ0) is 13.0. The van der Waals surface area contributed by atoms with Crippen LogP contribution in [0.2, 0.25) is 0 Å². The molecule has 0 radical (unpaired) electrons. The van der Waals surface area contributed by atoms with Crippen LogP contribution < -0.4 is 10.6 Å². The summed E-state index contributed by atoms with van der Waals surface area (Å²) in [6, 6.07) is 10.1. The van der Waals surface area contributed by atoms with Gasteiger partial charge in [-0.2, -0.15) is 4.98 Å². The highest BCUT2D eigenvalue weighted by Gasteiger charge is 2.01. The summed E-state index contributed by atoms with van der Waals surface area (Å²) in [7, 11) is 0. The molecule has 5 heteroatoms. The lowest BCUT2D eigenvalue weighted by atomic mass is 10.3. The van der Waals surface area contributed by atoms with E-state index in [-0.39, 0.29) is 0 Å². The fourth-order valence-electron chi connectivity index (χ4n) is 1.55. The van der Waals surface area contributed by atoms with Crippen molar-refractivity contribution in [1.29, 1.82) is 0 Å². The molecule has 1 aromatic heterocycles. The normalized spacial score (nSPS) is 10.2. The Morgan fingerprint density at radius 2 is 1.89 bits per heavy atom. The van der Waals surface area contributed by atoms with E-state index in [1.165, 1.54) is 3.57 Å². The number of rotatable bonds is 4. The number of anilines is 3. The number of hydrogen-bond donors (Lipinski definition) is 2. The number of aromatic nitrogens is 2. The van der Waals surface area contributed by atoms with E-state index in [4.69, 9.17) is 0 Å². The maximum Gasteiger partial charge on any atom is 0.224 e. The Morgan fingerprint density at radius 3 is 2.56 bits per heavy atom. The first kappa shape index (κ1) is 13.1. The molecule has 0 saturated heterocycles. The van der Waals surface area contributed by atoms with E-state index >= 15 is 0 Å². The Labute approximate surface area is 120 Å². The van der Waals surface area contributed by atoms with E-state index in [2.05, 4.69) is 55.3 Å². The van der Waals surface area contributed by atoms with E-state index in [1.54, 1.807) is 0 Å².